The second-order valence-corrected chi connectivity index (χ2v) is 5.49. The number of fused-ring (bicyclic) bond motifs is 1. The lowest BCUT2D eigenvalue weighted by molar-refractivity contribution is 0.557. The molecule has 2 atom stereocenters. The molecule has 0 spiro atoms. The molecule has 1 aromatic carbocycles. The summed E-state index contributed by atoms with van der Waals surface area (Å²) in [7, 11) is 0. The Morgan fingerprint density at radius 3 is 2.83 bits per heavy atom. The van der Waals surface area contributed by atoms with Crippen molar-refractivity contribution in [2.24, 2.45) is 5.92 Å². The summed E-state index contributed by atoms with van der Waals surface area (Å²) in [5.74, 6) is 0.775. The molecule has 1 aliphatic carbocycles. The van der Waals surface area contributed by atoms with Gasteiger partial charge in [-0.15, -0.1) is 0 Å². The molecule has 1 heterocycles. The highest BCUT2D eigenvalue weighted by Crippen LogP contribution is 2.30. The maximum Gasteiger partial charge on any atom is 0.0725 e. The molecule has 1 fully saturated rings. The molecule has 2 unspecified atom stereocenters. The van der Waals surface area contributed by atoms with Crippen LogP contribution in [0.2, 0.25) is 0 Å². The quantitative estimate of drug-likeness (QED) is 0.853. The minimum absolute atomic E-state index is 0.621. The van der Waals surface area contributed by atoms with Gasteiger partial charge in [0.15, 0.2) is 0 Å². The Hall–Kier alpha value is -1.57. The Labute approximate surface area is 108 Å². The van der Waals surface area contributed by atoms with Crippen molar-refractivity contribution in [3.63, 3.8) is 0 Å². The van der Waals surface area contributed by atoms with Gasteiger partial charge in [0.25, 0.3) is 0 Å². The smallest absolute Gasteiger partial charge is 0.0725 e. The first kappa shape index (κ1) is 11.5. The number of para-hydroxylation sites is 1. The van der Waals surface area contributed by atoms with Gasteiger partial charge in [0, 0.05) is 22.8 Å². The fourth-order valence-corrected chi connectivity index (χ4v) is 2.99. The van der Waals surface area contributed by atoms with E-state index in [1.807, 2.05) is 0 Å². The van der Waals surface area contributed by atoms with Crippen LogP contribution in [0.5, 0.6) is 0 Å². The summed E-state index contributed by atoms with van der Waals surface area (Å²) in [5, 5.41) is 4.97. The molecular weight excluding hydrogens is 220 g/mol. The molecule has 1 N–H and O–H groups in total. The summed E-state index contributed by atoms with van der Waals surface area (Å²) in [4.78, 5) is 4.59. The van der Waals surface area contributed by atoms with Crippen molar-refractivity contribution in [3.05, 3.63) is 36.0 Å². The molecule has 2 nitrogen and oxygen atoms in total. The van der Waals surface area contributed by atoms with E-state index in [4.69, 9.17) is 0 Å². The summed E-state index contributed by atoms with van der Waals surface area (Å²) < 4.78 is 0. The third-order valence-corrected chi connectivity index (χ3v) is 4.05. The average Bonchev–Trinajstić information content (AvgIpc) is 2.75. The summed E-state index contributed by atoms with van der Waals surface area (Å²) in [6.45, 7) is 4.41. The number of benzene rings is 1. The van der Waals surface area contributed by atoms with Gasteiger partial charge in [0.1, 0.15) is 0 Å². The second-order valence-electron chi connectivity index (χ2n) is 5.49. The van der Waals surface area contributed by atoms with Crippen LogP contribution in [0, 0.1) is 12.8 Å². The molecule has 2 heteroatoms. The van der Waals surface area contributed by atoms with E-state index in [9.17, 15) is 0 Å². The van der Waals surface area contributed by atoms with Gasteiger partial charge in [-0.1, -0.05) is 31.5 Å². The van der Waals surface area contributed by atoms with Crippen LogP contribution in [-0.2, 0) is 0 Å². The van der Waals surface area contributed by atoms with Crippen molar-refractivity contribution in [2.45, 2.75) is 39.2 Å². The molecule has 0 radical (unpaired) electrons. The first-order valence-corrected chi connectivity index (χ1v) is 6.87. The molecule has 0 amide bonds. The standard InChI is InChI=1S/C16H20N2/c1-11-6-5-9-14(11)18-16-10-12(2)17-15-8-4-3-7-13(15)16/h3-4,7-8,10-11,14H,5-6,9H2,1-2H3,(H,17,18). The number of hydrogen-bond donors (Lipinski definition) is 1. The van der Waals surface area contributed by atoms with Crippen molar-refractivity contribution in [1.29, 1.82) is 0 Å². The van der Waals surface area contributed by atoms with Crippen LogP contribution in [0.3, 0.4) is 0 Å². The van der Waals surface area contributed by atoms with Gasteiger partial charge in [-0.05, 0) is 37.8 Å². The summed E-state index contributed by atoms with van der Waals surface area (Å²) >= 11 is 0. The van der Waals surface area contributed by atoms with Crippen molar-refractivity contribution in [3.8, 4) is 0 Å². The van der Waals surface area contributed by atoms with E-state index in [0.717, 1.165) is 17.1 Å². The highest BCUT2D eigenvalue weighted by molar-refractivity contribution is 5.91. The second kappa shape index (κ2) is 4.60. The third-order valence-electron chi connectivity index (χ3n) is 4.05. The van der Waals surface area contributed by atoms with E-state index < -0.39 is 0 Å². The highest BCUT2D eigenvalue weighted by atomic mass is 14.9. The fraction of sp³-hybridized carbons (Fsp3) is 0.438. The normalized spacial score (nSPS) is 23.4. The maximum atomic E-state index is 4.59. The van der Waals surface area contributed by atoms with Crippen molar-refractivity contribution >= 4 is 16.6 Å². The van der Waals surface area contributed by atoms with E-state index in [1.165, 1.54) is 30.3 Å². The Kier molecular flexibility index (Phi) is 2.94. The van der Waals surface area contributed by atoms with E-state index in [-0.39, 0.29) is 0 Å². The zero-order valence-corrected chi connectivity index (χ0v) is 11.1. The molecule has 1 saturated carbocycles. The SMILES string of the molecule is Cc1cc(NC2CCCC2C)c2ccccc2n1. The van der Waals surface area contributed by atoms with E-state index in [0.29, 0.717) is 6.04 Å². The van der Waals surface area contributed by atoms with Crippen LogP contribution in [0.25, 0.3) is 10.9 Å². The zero-order valence-electron chi connectivity index (χ0n) is 11.1. The summed E-state index contributed by atoms with van der Waals surface area (Å²) in [5.41, 5.74) is 3.42. The number of aromatic nitrogens is 1. The number of nitrogens with one attached hydrogen (secondary N) is 1. The molecule has 0 bridgehead atoms. The average molecular weight is 240 g/mol. The van der Waals surface area contributed by atoms with Crippen LogP contribution >= 0.6 is 0 Å². The van der Waals surface area contributed by atoms with E-state index >= 15 is 0 Å². The minimum atomic E-state index is 0.621. The van der Waals surface area contributed by atoms with Crippen LogP contribution in [-0.4, -0.2) is 11.0 Å². The molecule has 94 valence electrons. The zero-order chi connectivity index (χ0) is 12.5. The van der Waals surface area contributed by atoms with Crippen LogP contribution in [0.15, 0.2) is 30.3 Å². The molecule has 1 aromatic heterocycles. The Morgan fingerprint density at radius 1 is 1.22 bits per heavy atom. The lowest BCUT2D eigenvalue weighted by Gasteiger charge is -2.20. The largest absolute Gasteiger partial charge is 0.381 e. The molecule has 0 aliphatic heterocycles. The number of anilines is 1. The van der Waals surface area contributed by atoms with Gasteiger partial charge in [0.05, 0.1) is 5.52 Å². The van der Waals surface area contributed by atoms with Gasteiger partial charge in [-0.25, -0.2) is 0 Å². The number of nitrogens with zero attached hydrogens (tertiary/aromatic N) is 1. The lowest BCUT2D eigenvalue weighted by Crippen LogP contribution is -2.22. The number of aryl methyl sites for hydroxylation is 1. The van der Waals surface area contributed by atoms with Crippen LogP contribution in [0.1, 0.15) is 31.9 Å². The van der Waals surface area contributed by atoms with Gasteiger partial charge in [-0.2, -0.15) is 0 Å². The highest BCUT2D eigenvalue weighted by Gasteiger charge is 2.23. The number of hydrogen-bond acceptors (Lipinski definition) is 2. The molecule has 2 aromatic rings. The molecular formula is C16H20N2. The van der Waals surface area contributed by atoms with Gasteiger partial charge in [-0.3, -0.25) is 4.98 Å². The predicted molar refractivity (Wildman–Crippen MR) is 76.9 cm³/mol. The van der Waals surface area contributed by atoms with Crippen molar-refractivity contribution in [2.75, 3.05) is 5.32 Å². The van der Waals surface area contributed by atoms with Crippen LogP contribution < -0.4 is 5.32 Å². The molecule has 18 heavy (non-hydrogen) atoms. The van der Waals surface area contributed by atoms with Gasteiger partial charge >= 0.3 is 0 Å². The summed E-state index contributed by atoms with van der Waals surface area (Å²) in [6, 6.07) is 11.2. The lowest BCUT2D eigenvalue weighted by atomic mass is 10.1. The maximum absolute atomic E-state index is 4.59. The number of rotatable bonds is 2. The molecule has 3 rings (SSSR count). The van der Waals surface area contributed by atoms with Gasteiger partial charge < -0.3 is 5.32 Å². The molecule has 1 aliphatic rings. The van der Waals surface area contributed by atoms with Gasteiger partial charge in [0.2, 0.25) is 0 Å². The Morgan fingerprint density at radius 2 is 2.06 bits per heavy atom. The fourth-order valence-electron chi connectivity index (χ4n) is 2.99. The number of pyridine rings is 1. The predicted octanol–water partition coefficient (Wildman–Crippen LogP) is 4.14. The Balaban J connectivity index is 2.00. The van der Waals surface area contributed by atoms with Crippen molar-refractivity contribution in [1.82, 2.24) is 4.98 Å². The van der Waals surface area contributed by atoms with Crippen molar-refractivity contribution < 1.29 is 0 Å². The van der Waals surface area contributed by atoms with Crippen LogP contribution in [0.4, 0.5) is 5.69 Å². The van der Waals surface area contributed by atoms with E-state index in [1.54, 1.807) is 0 Å². The van der Waals surface area contributed by atoms with E-state index in [2.05, 4.69) is 54.5 Å². The Bertz CT molecular complexity index is 562. The summed E-state index contributed by atoms with van der Waals surface area (Å²) in [6.07, 6.45) is 3.98. The first-order valence-electron chi connectivity index (χ1n) is 6.87. The topological polar surface area (TPSA) is 24.9 Å². The monoisotopic (exact) mass is 240 g/mol. The minimum Gasteiger partial charge on any atom is -0.381 e. The third kappa shape index (κ3) is 2.07. The first-order chi connectivity index (χ1) is 8.74. The molecule has 0 saturated heterocycles.